The summed E-state index contributed by atoms with van der Waals surface area (Å²) in [7, 11) is -3.71. The summed E-state index contributed by atoms with van der Waals surface area (Å²) in [5.74, 6) is -1.36. The molecule has 7 nitrogen and oxygen atoms in total. The van der Waals surface area contributed by atoms with Crippen molar-refractivity contribution < 1.29 is 32.2 Å². The molecule has 1 aromatic rings. The van der Waals surface area contributed by atoms with Gasteiger partial charge in [-0.2, -0.15) is 0 Å². The number of ether oxygens (including phenoxy) is 3. The van der Waals surface area contributed by atoms with Crippen LogP contribution in [0, 0.1) is 0 Å². The van der Waals surface area contributed by atoms with E-state index in [4.69, 9.17) is 25.8 Å². The molecule has 1 aliphatic heterocycles. The van der Waals surface area contributed by atoms with Crippen molar-refractivity contribution in [1.29, 1.82) is 0 Å². The monoisotopic (exact) mass is 402 g/mol. The van der Waals surface area contributed by atoms with Crippen LogP contribution >= 0.6 is 11.6 Å². The maximum Gasteiger partial charge on any atom is 0.303 e. The predicted molar refractivity (Wildman–Crippen MR) is 94.1 cm³/mol. The summed E-state index contributed by atoms with van der Waals surface area (Å²) in [5, 5.41) is 0.505. The third-order valence-corrected chi connectivity index (χ3v) is 5.49. The summed E-state index contributed by atoms with van der Waals surface area (Å²) in [6.45, 7) is 2.21. The topological polar surface area (TPSA) is 96.0 Å². The number of hydrogen-bond acceptors (Lipinski definition) is 7. The van der Waals surface area contributed by atoms with Crippen LogP contribution in [0.15, 0.2) is 36.4 Å². The minimum absolute atomic E-state index is 0.232. The fraction of sp³-hybridized carbons (Fsp3) is 0.412. The Bertz CT molecular complexity index is 786. The number of carbonyl (C=O) groups is 2. The van der Waals surface area contributed by atoms with Crippen molar-refractivity contribution in [3.05, 3.63) is 47.0 Å². The molecule has 0 N–H and O–H groups in total. The van der Waals surface area contributed by atoms with Gasteiger partial charge in [-0.1, -0.05) is 23.7 Å². The first-order valence-electron chi connectivity index (χ1n) is 7.78. The summed E-state index contributed by atoms with van der Waals surface area (Å²) in [6, 6.07) is 6.43. The average Bonchev–Trinajstić information content (AvgIpc) is 2.55. The molecule has 3 atom stereocenters. The minimum atomic E-state index is -3.71. The van der Waals surface area contributed by atoms with Gasteiger partial charge in [-0.05, 0) is 29.8 Å². The first kappa shape index (κ1) is 20.4. The normalized spacial score (nSPS) is 22.7. The van der Waals surface area contributed by atoms with Gasteiger partial charge in [0, 0.05) is 18.9 Å². The highest BCUT2D eigenvalue weighted by Gasteiger charge is 2.36. The maximum atomic E-state index is 12.6. The zero-order valence-corrected chi connectivity index (χ0v) is 15.8. The van der Waals surface area contributed by atoms with Crippen molar-refractivity contribution in [2.45, 2.75) is 37.2 Å². The second kappa shape index (κ2) is 8.66. The number of rotatable bonds is 6. The molecule has 1 aromatic carbocycles. The first-order chi connectivity index (χ1) is 12.2. The van der Waals surface area contributed by atoms with E-state index < -0.39 is 39.4 Å². The molecule has 0 bridgehead atoms. The highest BCUT2D eigenvalue weighted by Crippen LogP contribution is 2.23. The number of carbonyl (C=O) groups excluding carboxylic acids is 2. The second-order valence-corrected chi connectivity index (χ2v) is 8.25. The van der Waals surface area contributed by atoms with Gasteiger partial charge in [-0.25, -0.2) is 8.42 Å². The highest BCUT2D eigenvalue weighted by atomic mass is 35.5. The van der Waals surface area contributed by atoms with E-state index in [1.807, 2.05) is 0 Å². The zero-order valence-electron chi connectivity index (χ0n) is 14.3. The molecule has 0 radical (unpaired) electrons. The van der Waals surface area contributed by atoms with Crippen molar-refractivity contribution in [1.82, 2.24) is 0 Å². The van der Waals surface area contributed by atoms with Crippen molar-refractivity contribution in [3.8, 4) is 0 Å². The lowest BCUT2D eigenvalue weighted by Crippen LogP contribution is -2.43. The van der Waals surface area contributed by atoms with E-state index in [0.29, 0.717) is 10.6 Å². The molecule has 0 saturated carbocycles. The van der Waals surface area contributed by atoms with Crippen molar-refractivity contribution in [2.75, 3.05) is 6.61 Å². The Balaban J connectivity index is 2.15. The molecule has 1 heterocycles. The smallest absolute Gasteiger partial charge is 0.303 e. The van der Waals surface area contributed by atoms with Crippen molar-refractivity contribution >= 4 is 33.4 Å². The van der Waals surface area contributed by atoms with Gasteiger partial charge in [0.15, 0.2) is 15.3 Å². The fourth-order valence-electron chi connectivity index (χ4n) is 2.36. The van der Waals surface area contributed by atoms with Crippen LogP contribution in [0.4, 0.5) is 0 Å². The lowest BCUT2D eigenvalue weighted by molar-refractivity contribution is -0.160. The highest BCUT2D eigenvalue weighted by molar-refractivity contribution is 7.91. The van der Waals surface area contributed by atoms with Crippen LogP contribution in [0.3, 0.4) is 0 Å². The van der Waals surface area contributed by atoms with Gasteiger partial charge < -0.3 is 14.2 Å². The quantitative estimate of drug-likeness (QED) is 0.530. The van der Waals surface area contributed by atoms with Crippen LogP contribution in [-0.4, -0.2) is 44.6 Å². The van der Waals surface area contributed by atoms with Crippen LogP contribution in [0.5, 0.6) is 0 Å². The molecule has 0 amide bonds. The molecule has 0 aliphatic carbocycles. The van der Waals surface area contributed by atoms with E-state index in [-0.39, 0.29) is 12.4 Å². The third kappa shape index (κ3) is 5.82. The molecule has 9 heteroatoms. The number of sulfone groups is 1. The average molecular weight is 403 g/mol. The zero-order chi connectivity index (χ0) is 19.3. The van der Waals surface area contributed by atoms with Crippen LogP contribution in [-0.2, 0) is 39.4 Å². The fourth-order valence-corrected chi connectivity index (χ4v) is 3.95. The van der Waals surface area contributed by atoms with E-state index in [1.54, 1.807) is 24.3 Å². The van der Waals surface area contributed by atoms with Crippen molar-refractivity contribution in [2.24, 2.45) is 0 Å². The largest absolute Gasteiger partial charge is 0.463 e. The Hall–Kier alpha value is -1.90. The SMILES string of the molecule is CC(=O)OC[C@H]1O[C@H](S(=O)(=O)Cc2ccc(Cl)cc2)C=C[C@@H]1OC(C)=O. The maximum absolute atomic E-state index is 12.6. The number of esters is 2. The predicted octanol–water partition coefficient (Wildman–Crippen LogP) is 2.03. The molecule has 2 rings (SSSR count). The number of benzene rings is 1. The van der Waals surface area contributed by atoms with Gasteiger partial charge in [-0.3, -0.25) is 9.59 Å². The molecule has 142 valence electrons. The summed E-state index contributed by atoms with van der Waals surface area (Å²) < 4.78 is 40.8. The van der Waals surface area contributed by atoms with Crippen LogP contribution < -0.4 is 0 Å². The summed E-state index contributed by atoms with van der Waals surface area (Å²) in [5.41, 5.74) is -0.685. The standard InChI is InChI=1S/C17H19ClO7S/c1-11(19)23-9-16-15(24-12(2)20)7-8-17(25-16)26(21,22)10-13-3-5-14(18)6-4-13/h3-8,15-17H,9-10H2,1-2H3/t15-,16+,17+/m0/s1. The van der Waals surface area contributed by atoms with Crippen LogP contribution in [0.1, 0.15) is 19.4 Å². The first-order valence-corrected chi connectivity index (χ1v) is 9.87. The lowest BCUT2D eigenvalue weighted by Gasteiger charge is -2.31. The molecule has 1 aliphatic rings. The second-order valence-electron chi connectivity index (χ2n) is 5.74. The molecule has 0 spiro atoms. The van der Waals surface area contributed by atoms with Gasteiger partial charge >= 0.3 is 11.9 Å². The number of halogens is 1. The van der Waals surface area contributed by atoms with E-state index in [9.17, 15) is 18.0 Å². The minimum Gasteiger partial charge on any atom is -0.463 e. The molecular weight excluding hydrogens is 384 g/mol. The lowest BCUT2D eigenvalue weighted by atomic mass is 10.1. The van der Waals surface area contributed by atoms with E-state index >= 15 is 0 Å². The Labute approximate surface area is 156 Å². The molecule has 0 aromatic heterocycles. The molecule has 26 heavy (non-hydrogen) atoms. The van der Waals surface area contributed by atoms with Gasteiger partial charge in [0.1, 0.15) is 18.8 Å². The van der Waals surface area contributed by atoms with Crippen molar-refractivity contribution in [3.63, 3.8) is 0 Å². The Morgan fingerprint density at radius 3 is 2.35 bits per heavy atom. The van der Waals surface area contributed by atoms with Gasteiger partial charge in [0.2, 0.25) is 0 Å². The van der Waals surface area contributed by atoms with E-state index in [2.05, 4.69) is 0 Å². The molecular formula is C17H19ClO7S. The summed E-state index contributed by atoms with van der Waals surface area (Å²) >= 11 is 5.80. The van der Waals surface area contributed by atoms with Gasteiger partial charge in [0.05, 0.1) is 5.75 Å². The molecule has 0 fully saturated rings. The van der Waals surface area contributed by atoms with E-state index in [0.717, 1.165) is 0 Å². The summed E-state index contributed by atoms with van der Waals surface area (Å²) in [4.78, 5) is 22.2. The Kier molecular flexibility index (Phi) is 6.80. The van der Waals surface area contributed by atoms with Crippen LogP contribution in [0.2, 0.25) is 5.02 Å². The molecule has 0 unspecified atom stereocenters. The Morgan fingerprint density at radius 1 is 1.12 bits per heavy atom. The summed E-state index contributed by atoms with van der Waals surface area (Å²) in [6.07, 6.45) is 0.998. The molecule has 0 saturated heterocycles. The number of hydrogen-bond donors (Lipinski definition) is 0. The van der Waals surface area contributed by atoms with Gasteiger partial charge in [0.25, 0.3) is 0 Å². The Morgan fingerprint density at radius 2 is 1.77 bits per heavy atom. The third-order valence-electron chi connectivity index (χ3n) is 3.52. The van der Waals surface area contributed by atoms with E-state index in [1.165, 1.54) is 26.0 Å². The van der Waals surface area contributed by atoms with Crippen LogP contribution in [0.25, 0.3) is 0 Å². The van der Waals surface area contributed by atoms with Gasteiger partial charge in [-0.15, -0.1) is 0 Å².